The molecule has 0 rings (SSSR count). The van der Waals surface area contributed by atoms with Gasteiger partial charge >= 0.3 is 0 Å². The number of hydrogen-bond acceptors (Lipinski definition) is 3. The lowest BCUT2D eigenvalue weighted by molar-refractivity contribution is 1.00. The predicted molar refractivity (Wildman–Crippen MR) is 45.9 cm³/mol. The normalized spacial score (nSPS) is 12.8. The SMILES string of the molecule is CCC/C=N\C(C)=C(\N)C#N. The van der Waals surface area contributed by atoms with Gasteiger partial charge < -0.3 is 5.73 Å². The van der Waals surface area contributed by atoms with Gasteiger partial charge in [0.25, 0.3) is 0 Å². The Hall–Kier alpha value is -1.30. The lowest BCUT2D eigenvalue weighted by Crippen LogP contribution is -1.96. The van der Waals surface area contributed by atoms with Crippen molar-refractivity contribution in [1.29, 1.82) is 5.26 Å². The van der Waals surface area contributed by atoms with Crippen LogP contribution in [0.2, 0.25) is 0 Å². The standard InChI is InChI=1S/C8H13N3/c1-3-4-5-11-7(2)8(10)6-9/h5H,3-4,10H2,1-2H3/b8-7+,11-5-. The van der Waals surface area contributed by atoms with Crippen LogP contribution in [-0.2, 0) is 0 Å². The van der Waals surface area contributed by atoms with E-state index in [1.54, 1.807) is 13.1 Å². The fraction of sp³-hybridized carbons (Fsp3) is 0.500. The summed E-state index contributed by atoms with van der Waals surface area (Å²) in [5.74, 6) is 0. The van der Waals surface area contributed by atoms with Crippen LogP contribution in [0.25, 0.3) is 0 Å². The first-order valence-electron chi connectivity index (χ1n) is 3.61. The smallest absolute Gasteiger partial charge is 0.132 e. The summed E-state index contributed by atoms with van der Waals surface area (Å²) in [5.41, 5.74) is 6.09. The fourth-order valence-electron chi connectivity index (χ4n) is 0.481. The average molecular weight is 151 g/mol. The van der Waals surface area contributed by atoms with E-state index in [2.05, 4.69) is 11.9 Å². The largest absolute Gasteiger partial charge is 0.389 e. The highest BCUT2D eigenvalue weighted by atomic mass is 14.8. The van der Waals surface area contributed by atoms with E-state index in [4.69, 9.17) is 11.0 Å². The van der Waals surface area contributed by atoms with Gasteiger partial charge in [-0.15, -0.1) is 0 Å². The predicted octanol–water partition coefficient (Wildman–Crippen LogP) is 1.57. The maximum absolute atomic E-state index is 8.35. The Morgan fingerprint density at radius 3 is 2.82 bits per heavy atom. The second-order valence-electron chi connectivity index (χ2n) is 2.21. The zero-order valence-corrected chi connectivity index (χ0v) is 6.96. The molecule has 2 N–H and O–H groups in total. The van der Waals surface area contributed by atoms with Crippen LogP contribution >= 0.6 is 0 Å². The van der Waals surface area contributed by atoms with Crippen molar-refractivity contribution in [1.82, 2.24) is 0 Å². The Morgan fingerprint density at radius 1 is 1.73 bits per heavy atom. The third-order valence-electron chi connectivity index (χ3n) is 1.21. The number of aliphatic imine (C=N–C) groups is 1. The summed E-state index contributed by atoms with van der Waals surface area (Å²) >= 11 is 0. The van der Waals surface area contributed by atoms with Crippen molar-refractivity contribution in [3.8, 4) is 6.07 Å². The molecule has 0 amide bonds. The van der Waals surface area contributed by atoms with Crippen LogP contribution in [-0.4, -0.2) is 6.21 Å². The van der Waals surface area contributed by atoms with Gasteiger partial charge in [0.15, 0.2) is 0 Å². The summed E-state index contributed by atoms with van der Waals surface area (Å²) in [6, 6.07) is 1.84. The number of unbranched alkanes of at least 4 members (excludes halogenated alkanes) is 1. The van der Waals surface area contributed by atoms with Crippen LogP contribution < -0.4 is 5.73 Å². The first-order valence-corrected chi connectivity index (χ1v) is 3.61. The molecule has 3 heteroatoms. The van der Waals surface area contributed by atoms with Gasteiger partial charge in [-0.05, 0) is 13.3 Å². The zero-order valence-electron chi connectivity index (χ0n) is 6.96. The number of hydrogen-bond donors (Lipinski definition) is 1. The minimum Gasteiger partial charge on any atom is -0.389 e. The molecule has 0 unspecified atom stereocenters. The maximum atomic E-state index is 8.35. The Kier molecular flexibility index (Phi) is 4.83. The van der Waals surface area contributed by atoms with Crippen molar-refractivity contribution < 1.29 is 0 Å². The maximum Gasteiger partial charge on any atom is 0.132 e. The molecule has 0 saturated heterocycles. The Labute approximate surface area is 67.2 Å². The molecule has 0 radical (unpaired) electrons. The Balaban J connectivity index is 4.07. The molecule has 3 nitrogen and oxygen atoms in total. The van der Waals surface area contributed by atoms with Crippen molar-refractivity contribution >= 4 is 6.21 Å². The lowest BCUT2D eigenvalue weighted by atomic mass is 10.3. The topological polar surface area (TPSA) is 62.2 Å². The molecular formula is C8H13N3. The molecule has 0 aromatic heterocycles. The van der Waals surface area contributed by atoms with E-state index in [1.165, 1.54) is 0 Å². The van der Waals surface area contributed by atoms with E-state index in [0.717, 1.165) is 12.8 Å². The number of allylic oxidation sites excluding steroid dienone is 2. The average Bonchev–Trinajstić information content (AvgIpc) is 2.03. The molecule has 11 heavy (non-hydrogen) atoms. The van der Waals surface area contributed by atoms with E-state index in [0.29, 0.717) is 5.70 Å². The number of nitrogens with zero attached hydrogens (tertiary/aromatic N) is 2. The van der Waals surface area contributed by atoms with Crippen LogP contribution in [0.1, 0.15) is 26.7 Å². The molecule has 0 aliphatic carbocycles. The molecule has 0 aromatic carbocycles. The highest BCUT2D eigenvalue weighted by Crippen LogP contribution is 1.97. The molecule has 60 valence electrons. The van der Waals surface area contributed by atoms with Gasteiger partial charge in [-0.3, -0.25) is 4.99 Å². The van der Waals surface area contributed by atoms with E-state index in [-0.39, 0.29) is 5.70 Å². The van der Waals surface area contributed by atoms with E-state index in [9.17, 15) is 0 Å². The third kappa shape index (κ3) is 4.15. The molecule has 0 bridgehead atoms. The monoisotopic (exact) mass is 151 g/mol. The molecule has 0 saturated carbocycles. The van der Waals surface area contributed by atoms with Crippen molar-refractivity contribution in [2.24, 2.45) is 10.7 Å². The minimum atomic E-state index is 0.192. The quantitative estimate of drug-likeness (QED) is 0.491. The summed E-state index contributed by atoms with van der Waals surface area (Å²) in [4.78, 5) is 3.99. The second-order valence-corrected chi connectivity index (χ2v) is 2.21. The van der Waals surface area contributed by atoms with Crippen LogP contribution in [0, 0.1) is 11.3 Å². The number of rotatable bonds is 3. The first-order chi connectivity index (χ1) is 5.22. The molecular weight excluding hydrogens is 138 g/mol. The van der Waals surface area contributed by atoms with Gasteiger partial charge in [-0.25, -0.2) is 0 Å². The number of nitrogens with two attached hydrogens (primary N) is 1. The minimum absolute atomic E-state index is 0.192. The summed E-state index contributed by atoms with van der Waals surface area (Å²) in [7, 11) is 0. The van der Waals surface area contributed by atoms with E-state index < -0.39 is 0 Å². The van der Waals surface area contributed by atoms with Crippen LogP contribution in [0.4, 0.5) is 0 Å². The highest BCUT2D eigenvalue weighted by molar-refractivity contribution is 5.59. The summed E-state index contributed by atoms with van der Waals surface area (Å²) in [5, 5.41) is 8.35. The van der Waals surface area contributed by atoms with Gasteiger partial charge in [0, 0.05) is 6.21 Å². The molecule has 0 aliphatic rings. The molecule has 0 heterocycles. The van der Waals surface area contributed by atoms with Crippen LogP contribution in [0.15, 0.2) is 16.4 Å². The summed E-state index contributed by atoms with van der Waals surface area (Å²) < 4.78 is 0. The van der Waals surface area contributed by atoms with Crippen LogP contribution in [0.3, 0.4) is 0 Å². The van der Waals surface area contributed by atoms with E-state index >= 15 is 0 Å². The third-order valence-corrected chi connectivity index (χ3v) is 1.21. The van der Waals surface area contributed by atoms with Gasteiger partial charge in [0.05, 0.1) is 5.70 Å². The van der Waals surface area contributed by atoms with Crippen molar-refractivity contribution in [2.45, 2.75) is 26.7 Å². The van der Waals surface area contributed by atoms with Crippen molar-refractivity contribution in [3.05, 3.63) is 11.4 Å². The highest BCUT2D eigenvalue weighted by Gasteiger charge is 1.90. The molecule has 0 spiro atoms. The van der Waals surface area contributed by atoms with E-state index in [1.807, 2.05) is 6.07 Å². The van der Waals surface area contributed by atoms with Crippen molar-refractivity contribution in [2.75, 3.05) is 0 Å². The molecule has 0 aromatic rings. The fourth-order valence-corrected chi connectivity index (χ4v) is 0.481. The molecule has 0 atom stereocenters. The zero-order chi connectivity index (χ0) is 8.69. The van der Waals surface area contributed by atoms with Gasteiger partial charge in [0.2, 0.25) is 0 Å². The lowest BCUT2D eigenvalue weighted by Gasteiger charge is -1.91. The van der Waals surface area contributed by atoms with Gasteiger partial charge in [0.1, 0.15) is 11.8 Å². The Morgan fingerprint density at radius 2 is 2.36 bits per heavy atom. The van der Waals surface area contributed by atoms with Gasteiger partial charge in [-0.1, -0.05) is 13.3 Å². The van der Waals surface area contributed by atoms with Crippen molar-refractivity contribution in [3.63, 3.8) is 0 Å². The molecule has 0 aliphatic heterocycles. The second kappa shape index (κ2) is 5.48. The summed E-state index contributed by atoms with van der Waals surface area (Å²) in [6.45, 7) is 3.80. The van der Waals surface area contributed by atoms with Gasteiger partial charge in [-0.2, -0.15) is 5.26 Å². The summed E-state index contributed by atoms with van der Waals surface area (Å²) in [6.07, 6.45) is 3.76. The van der Waals surface area contributed by atoms with Crippen LogP contribution in [0.5, 0.6) is 0 Å². The first kappa shape index (κ1) is 9.70. The Bertz CT molecular complexity index is 208. The molecule has 0 fully saturated rings. The number of nitriles is 1.